The molecule has 1 aromatic rings. The summed E-state index contributed by atoms with van der Waals surface area (Å²) in [6.07, 6.45) is 1.36. The molecule has 19 heavy (non-hydrogen) atoms. The van der Waals surface area contributed by atoms with Crippen LogP contribution in [0.25, 0.3) is 0 Å². The molecule has 2 saturated heterocycles. The van der Waals surface area contributed by atoms with Gasteiger partial charge in [0.1, 0.15) is 0 Å². The Morgan fingerprint density at radius 3 is 2.68 bits per heavy atom. The second-order valence-electron chi connectivity index (χ2n) is 5.36. The molecule has 1 spiro atoms. The van der Waals surface area contributed by atoms with Gasteiger partial charge in [-0.3, -0.25) is 9.59 Å². The predicted octanol–water partition coefficient (Wildman–Crippen LogP) is 1.55. The molecule has 3 rings (SSSR count). The van der Waals surface area contributed by atoms with Crippen LogP contribution < -0.4 is 5.32 Å². The molecule has 2 aliphatic rings. The Balaban J connectivity index is 1.78. The van der Waals surface area contributed by atoms with Crippen LogP contribution in [0.15, 0.2) is 42.6 Å². The minimum atomic E-state index is -0.443. The molecule has 0 aromatic heterocycles. The Hall–Kier alpha value is -2.10. The van der Waals surface area contributed by atoms with E-state index in [1.165, 1.54) is 0 Å². The van der Waals surface area contributed by atoms with Crippen LogP contribution in [-0.2, 0) is 4.79 Å². The van der Waals surface area contributed by atoms with Gasteiger partial charge in [0.15, 0.2) is 0 Å². The van der Waals surface area contributed by atoms with Crippen molar-refractivity contribution in [2.75, 3.05) is 13.1 Å². The van der Waals surface area contributed by atoms with Gasteiger partial charge < -0.3 is 10.2 Å². The zero-order chi connectivity index (χ0) is 13.5. The summed E-state index contributed by atoms with van der Waals surface area (Å²) in [5, 5.41) is 2.78. The quantitative estimate of drug-likeness (QED) is 0.829. The van der Waals surface area contributed by atoms with Gasteiger partial charge in [-0.15, -0.1) is 0 Å². The van der Waals surface area contributed by atoms with Crippen LogP contribution >= 0.6 is 0 Å². The summed E-state index contributed by atoms with van der Waals surface area (Å²) in [4.78, 5) is 26.1. The standard InChI is InChI=1S/C15H16N2O2/c1-11-9-15(14(19)16-11)7-8-17(10-15)13(18)12-5-3-2-4-6-12/h2-6H,1,7-10H2,(H,16,19). The van der Waals surface area contributed by atoms with Gasteiger partial charge in [0.05, 0.1) is 5.41 Å². The third-order valence-corrected chi connectivity index (χ3v) is 3.99. The molecule has 2 amide bonds. The maximum absolute atomic E-state index is 12.3. The number of likely N-dealkylation sites (tertiary alicyclic amines) is 1. The predicted molar refractivity (Wildman–Crippen MR) is 71.3 cm³/mol. The van der Waals surface area contributed by atoms with Crippen molar-refractivity contribution in [1.82, 2.24) is 10.2 Å². The molecule has 0 bridgehead atoms. The van der Waals surface area contributed by atoms with Gasteiger partial charge in [0.2, 0.25) is 5.91 Å². The minimum Gasteiger partial charge on any atom is -0.338 e. The topological polar surface area (TPSA) is 49.4 Å². The highest BCUT2D eigenvalue weighted by Crippen LogP contribution is 2.40. The summed E-state index contributed by atoms with van der Waals surface area (Å²) in [7, 11) is 0. The highest BCUT2D eigenvalue weighted by Gasteiger charge is 2.49. The van der Waals surface area contributed by atoms with Crippen molar-refractivity contribution in [2.24, 2.45) is 5.41 Å². The fraction of sp³-hybridized carbons (Fsp3) is 0.333. The molecule has 4 heteroatoms. The molecule has 2 fully saturated rings. The Labute approximate surface area is 112 Å². The lowest BCUT2D eigenvalue weighted by Gasteiger charge is -2.20. The summed E-state index contributed by atoms with van der Waals surface area (Å²) in [5.74, 6) is 0.0173. The van der Waals surface area contributed by atoms with Gasteiger partial charge in [0.25, 0.3) is 5.91 Å². The molecule has 1 atom stereocenters. The molecule has 0 aliphatic carbocycles. The number of carbonyl (C=O) groups is 2. The van der Waals surface area contributed by atoms with E-state index in [1.807, 2.05) is 18.2 Å². The van der Waals surface area contributed by atoms with E-state index >= 15 is 0 Å². The first-order valence-corrected chi connectivity index (χ1v) is 6.44. The number of hydrogen-bond acceptors (Lipinski definition) is 2. The third-order valence-electron chi connectivity index (χ3n) is 3.99. The molecule has 4 nitrogen and oxygen atoms in total. The van der Waals surface area contributed by atoms with Gasteiger partial charge in [-0.25, -0.2) is 0 Å². The summed E-state index contributed by atoms with van der Waals surface area (Å²) in [6.45, 7) is 4.94. The lowest BCUT2D eigenvalue weighted by molar-refractivity contribution is -0.126. The SMILES string of the molecule is C=C1CC2(CCN(C(=O)c3ccccc3)C2)C(=O)N1. The van der Waals surface area contributed by atoms with Crippen molar-refractivity contribution in [2.45, 2.75) is 12.8 Å². The second kappa shape index (κ2) is 4.23. The molecule has 1 N–H and O–H groups in total. The van der Waals surface area contributed by atoms with Crippen LogP contribution in [-0.4, -0.2) is 29.8 Å². The smallest absolute Gasteiger partial charge is 0.253 e. The number of benzene rings is 1. The number of nitrogens with zero attached hydrogens (tertiary/aromatic N) is 1. The molecular formula is C15H16N2O2. The molecular weight excluding hydrogens is 240 g/mol. The maximum atomic E-state index is 12.3. The highest BCUT2D eigenvalue weighted by atomic mass is 16.2. The molecule has 1 aromatic carbocycles. The van der Waals surface area contributed by atoms with E-state index in [9.17, 15) is 9.59 Å². The fourth-order valence-corrected chi connectivity index (χ4v) is 2.96. The van der Waals surface area contributed by atoms with Gasteiger partial charge >= 0.3 is 0 Å². The molecule has 0 saturated carbocycles. The van der Waals surface area contributed by atoms with Gasteiger partial charge in [-0.05, 0) is 18.6 Å². The van der Waals surface area contributed by atoms with Crippen LogP contribution in [0.3, 0.4) is 0 Å². The van der Waals surface area contributed by atoms with E-state index in [4.69, 9.17) is 0 Å². The van der Waals surface area contributed by atoms with Crippen molar-refractivity contribution >= 4 is 11.8 Å². The fourth-order valence-electron chi connectivity index (χ4n) is 2.96. The van der Waals surface area contributed by atoms with Gasteiger partial charge in [-0.1, -0.05) is 24.8 Å². The minimum absolute atomic E-state index is 0.00258. The summed E-state index contributed by atoms with van der Waals surface area (Å²) >= 11 is 0. The molecule has 98 valence electrons. The Bertz CT molecular complexity index is 553. The van der Waals surface area contributed by atoms with Crippen LogP contribution in [0.2, 0.25) is 0 Å². The van der Waals surface area contributed by atoms with Crippen molar-refractivity contribution in [3.63, 3.8) is 0 Å². The van der Waals surface area contributed by atoms with Gasteiger partial charge in [-0.2, -0.15) is 0 Å². The van der Waals surface area contributed by atoms with Crippen molar-refractivity contribution in [3.05, 3.63) is 48.2 Å². The van der Waals surface area contributed by atoms with E-state index in [2.05, 4.69) is 11.9 Å². The van der Waals surface area contributed by atoms with Crippen molar-refractivity contribution in [1.29, 1.82) is 0 Å². The van der Waals surface area contributed by atoms with E-state index in [1.54, 1.807) is 17.0 Å². The zero-order valence-corrected chi connectivity index (χ0v) is 10.7. The van der Waals surface area contributed by atoms with E-state index in [0.29, 0.717) is 25.1 Å². The Kier molecular flexibility index (Phi) is 2.66. The van der Waals surface area contributed by atoms with E-state index in [0.717, 1.165) is 12.1 Å². The maximum Gasteiger partial charge on any atom is 0.253 e. The van der Waals surface area contributed by atoms with Crippen molar-refractivity contribution in [3.8, 4) is 0 Å². The number of nitrogens with one attached hydrogen (secondary N) is 1. The number of allylic oxidation sites excluding steroid dienone is 1. The average Bonchev–Trinajstić information content (AvgIpc) is 2.95. The van der Waals surface area contributed by atoms with Crippen LogP contribution in [0.5, 0.6) is 0 Å². The number of hydrogen-bond donors (Lipinski definition) is 1. The summed E-state index contributed by atoms with van der Waals surface area (Å²) < 4.78 is 0. The monoisotopic (exact) mass is 256 g/mol. The van der Waals surface area contributed by atoms with E-state index < -0.39 is 5.41 Å². The lowest BCUT2D eigenvalue weighted by Crippen LogP contribution is -2.36. The Morgan fingerprint density at radius 2 is 2.05 bits per heavy atom. The first kappa shape index (κ1) is 12.0. The molecule has 1 unspecified atom stereocenters. The summed E-state index contributed by atoms with van der Waals surface area (Å²) in [5.41, 5.74) is 0.998. The van der Waals surface area contributed by atoms with Gasteiger partial charge in [0, 0.05) is 30.8 Å². The average molecular weight is 256 g/mol. The molecule has 2 aliphatic heterocycles. The highest BCUT2D eigenvalue weighted by molar-refractivity contribution is 5.96. The molecule has 2 heterocycles. The van der Waals surface area contributed by atoms with Crippen LogP contribution in [0, 0.1) is 5.41 Å². The first-order chi connectivity index (χ1) is 9.11. The lowest BCUT2D eigenvalue weighted by atomic mass is 9.85. The van der Waals surface area contributed by atoms with Crippen LogP contribution in [0.1, 0.15) is 23.2 Å². The Morgan fingerprint density at radius 1 is 1.32 bits per heavy atom. The normalized spacial score (nSPS) is 26.0. The number of amides is 2. The summed E-state index contributed by atoms with van der Waals surface area (Å²) in [6, 6.07) is 9.20. The number of carbonyl (C=O) groups excluding carboxylic acids is 2. The largest absolute Gasteiger partial charge is 0.338 e. The van der Waals surface area contributed by atoms with E-state index in [-0.39, 0.29) is 11.8 Å². The first-order valence-electron chi connectivity index (χ1n) is 6.44. The van der Waals surface area contributed by atoms with Crippen molar-refractivity contribution < 1.29 is 9.59 Å². The second-order valence-corrected chi connectivity index (χ2v) is 5.36. The number of rotatable bonds is 1. The molecule has 0 radical (unpaired) electrons. The third kappa shape index (κ3) is 1.93. The van der Waals surface area contributed by atoms with Crippen LogP contribution in [0.4, 0.5) is 0 Å². The zero-order valence-electron chi connectivity index (χ0n) is 10.7.